The quantitative estimate of drug-likeness (QED) is 0.682. The predicted molar refractivity (Wildman–Crippen MR) is 88.3 cm³/mol. The molecule has 0 atom stereocenters. The van der Waals surface area contributed by atoms with Crippen LogP contribution in [0.15, 0.2) is 46.9 Å². The third-order valence-corrected chi connectivity index (χ3v) is 4.07. The molecule has 1 aliphatic rings. The Labute approximate surface area is 142 Å². The van der Waals surface area contributed by atoms with Gasteiger partial charge in [0.25, 0.3) is 0 Å². The molecule has 1 aliphatic heterocycles. The second-order valence-corrected chi connectivity index (χ2v) is 5.53. The van der Waals surface area contributed by atoms with Crippen LogP contribution in [-0.2, 0) is 4.65 Å². The summed E-state index contributed by atoms with van der Waals surface area (Å²) in [5.41, 5.74) is 1.03. The van der Waals surface area contributed by atoms with Gasteiger partial charge in [-0.2, -0.15) is 0 Å². The largest absolute Gasteiger partial charge is 0.837 e. The first-order chi connectivity index (χ1) is 12.0. The lowest BCUT2D eigenvalue weighted by Crippen LogP contribution is -2.62. The number of nitrogens with zero attached hydrogens (tertiary/aromatic N) is 1. The van der Waals surface area contributed by atoms with Gasteiger partial charge in [-0.3, -0.25) is 4.48 Å². The highest BCUT2D eigenvalue weighted by Gasteiger charge is 2.53. The molecule has 2 aromatic carbocycles. The van der Waals surface area contributed by atoms with Gasteiger partial charge in [-0.1, -0.05) is 12.1 Å². The fourth-order valence-electron chi connectivity index (χ4n) is 2.93. The van der Waals surface area contributed by atoms with Crippen molar-refractivity contribution in [3.05, 3.63) is 53.9 Å². The third kappa shape index (κ3) is 2.41. The smallest absolute Gasteiger partial charge is 0.599 e. The van der Waals surface area contributed by atoms with Crippen LogP contribution in [0.2, 0.25) is 0 Å². The van der Waals surface area contributed by atoms with E-state index in [4.69, 9.17) is 18.5 Å². The Balaban J connectivity index is 1.91. The molecule has 0 amide bonds. The van der Waals surface area contributed by atoms with Gasteiger partial charge in [0.15, 0.2) is 5.58 Å². The Morgan fingerprint density at radius 1 is 1.04 bits per heavy atom. The summed E-state index contributed by atoms with van der Waals surface area (Å²) in [4.78, 5) is 0. The standard InChI is InChI=1S/C17H14BF2NO4/c1-22-11-7-8-12(15(9-11)23-2)16-10-17-21(18(19,20)25-16)13-5-3-4-6-14(13)24-17/h3-10H,1-2H3. The molecule has 0 spiro atoms. The lowest BCUT2D eigenvalue weighted by Gasteiger charge is -2.26. The number of fused-ring (bicyclic) bond motifs is 3. The average molecular weight is 345 g/mol. The molecule has 5 nitrogen and oxygen atoms in total. The molecule has 0 radical (unpaired) electrons. The summed E-state index contributed by atoms with van der Waals surface area (Å²) in [6, 6.07) is 11.4. The van der Waals surface area contributed by atoms with E-state index in [1.54, 1.807) is 42.5 Å². The topological polar surface area (TPSA) is 44.7 Å². The van der Waals surface area contributed by atoms with E-state index in [0.717, 1.165) is 4.48 Å². The molecular formula is C17H14BF2NO4. The van der Waals surface area contributed by atoms with Crippen LogP contribution in [0.4, 0.5) is 8.63 Å². The van der Waals surface area contributed by atoms with E-state index in [1.165, 1.54) is 20.3 Å². The summed E-state index contributed by atoms with van der Waals surface area (Å²) in [6.07, 6.45) is 1.43. The van der Waals surface area contributed by atoms with Gasteiger partial charge in [-0.25, -0.2) is 0 Å². The van der Waals surface area contributed by atoms with Crippen LogP contribution < -0.4 is 14.0 Å². The summed E-state index contributed by atoms with van der Waals surface area (Å²) in [7, 11) is -1.38. The molecule has 0 saturated carbocycles. The van der Waals surface area contributed by atoms with E-state index >= 15 is 0 Å². The van der Waals surface area contributed by atoms with Gasteiger partial charge < -0.3 is 27.2 Å². The summed E-state index contributed by atoms with van der Waals surface area (Å²) in [5.74, 6) is 0.906. The van der Waals surface area contributed by atoms with Gasteiger partial charge >= 0.3 is 12.9 Å². The van der Waals surface area contributed by atoms with Crippen molar-refractivity contribution in [1.29, 1.82) is 0 Å². The van der Waals surface area contributed by atoms with E-state index < -0.39 is 7.04 Å². The van der Waals surface area contributed by atoms with Gasteiger partial charge in [-0.15, -0.1) is 0 Å². The van der Waals surface area contributed by atoms with Crippen LogP contribution >= 0.6 is 0 Å². The normalized spacial score (nSPS) is 15.3. The molecule has 8 heteroatoms. The average Bonchev–Trinajstić information content (AvgIpc) is 2.99. The maximum atomic E-state index is 14.7. The molecule has 0 N–H and O–H groups in total. The zero-order valence-corrected chi connectivity index (χ0v) is 13.5. The van der Waals surface area contributed by atoms with Crippen LogP contribution in [0.3, 0.4) is 0 Å². The first-order valence-electron chi connectivity index (χ1n) is 7.61. The number of para-hydroxylation sites is 2. The van der Waals surface area contributed by atoms with E-state index in [0.29, 0.717) is 22.6 Å². The lowest BCUT2D eigenvalue weighted by molar-refractivity contribution is -0.562. The fraction of sp³-hybridized carbons (Fsp3) is 0.118. The number of hydrogen-bond donors (Lipinski definition) is 0. The molecule has 2 heterocycles. The van der Waals surface area contributed by atoms with Gasteiger partial charge in [0.1, 0.15) is 11.5 Å². The molecule has 4 rings (SSSR count). The Hall–Kier alpha value is -3.03. The Bertz CT molecular complexity index is 999. The highest BCUT2D eigenvalue weighted by atomic mass is 19.3. The van der Waals surface area contributed by atoms with E-state index in [2.05, 4.69) is 0 Å². The zero-order valence-electron chi connectivity index (χ0n) is 13.5. The number of methoxy groups -OCH3 is 2. The second-order valence-electron chi connectivity index (χ2n) is 5.53. The van der Waals surface area contributed by atoms with Crippen LogP contribution in [0.5, 0.6) is 11.5 Å². The molecule has 25 heavy (non-hydrogen) atoms. The number of oxazole rings is 1. The minimum absolute atomic E-state index is 0.0188. The molecular weight excluding hydrogens is 331 g/mol. The van der Waals surface area contributed by atoms with E-state index in [1.807, 2.05) is 0 Å². The Morgan fingerprint density at radius 2 is 1.84 bits per heavy atom. The van der Waals surface area contributed by atoms with Gasteiger partial charge in [0.2, 0.25) is 5.52 Å². The number of benzene rings is 2. The first kappa shape index (κ1) is 15.5. The van der Waals surface area contributed by atoms with Crippen molar-refractivity contribution < 1.29 is 31.7 Å². The Kier molecular flexibility index (Phi) is 3.42. The van der Waals surface area contributed by atoms with Gasteiger partial charge in [-0.05, 0) is 18.2 Å². The van der Waals surface area contributed by atoms with Crippen LogP contribution in [0, 0.1) is 0 Å². The van der Waals surface area contributed by atoms with Crippen molar-refractivity contribution in [3.63, 3.8) is 0 Å². The zero-order chi connectivity index (χ0) is 17.6. The minimum atomic E-state index is -4.35. The van der Waals surface area contributed by atoms with Crippen LogP contribution in [-0.4, -0.2) is 21.3 Å². The van der Waals surface area contributed by atoms with Crippen molar-refractivity contribution in [2.45, 2.75) is 0 Å². The lowest BCUT2D eigenvalue weighted by atomic mass is 10.00. The van der Waals surface area contributed by atoms with E-state index in [-0.39, 0.29) is 17.2 Å². The molecule has 3 aromatic rings. The summed E-state index contributed by atoms with van der Waals surface area (Å²) in [6.45, 7) is 0. The number of halogens is 2. The van der Waals surface area contributed by atoms with Crippen molar-refractivity contribution in [1.82, 2.24) is 0 Å². The monoisotopic (exact) mass is 345 g/mol. The minimum Gasteiger partial charge on any atom is -0.599 e. The maximum absolute atomic E-state index is 14.7. The highest BCUT2D eigenvalue weighted by Crippen LogP contribution is 2.36. The van der Waals surface area contributed by atoms with Crippen molar-refractivity contribution in [3.8, 4) is 11.5 Å². The number of ether oxygens (including phenoxy) is 2. The number of hydrogen-bond acceptors (Lipinski definition) is 4. The second kappa shape index (κ2) is 5.51. The van der Waals surface area contributed by atoms with Crippen LogP contribution in [0.25, 0.3) is 22.9 Å². The SMILES string of the molecule is COc1ccc(C2=Cc3oc4ccccc4[n+]3[B-](F)(F)O2)c(OC)c1. The molecule has 0 fully saturated rings. The Morgan fingerprint density at radius 3 is 2.60 bits per heavy atom. The van der Waals surface area contributed by atoms with Crippen LogP contribution in [0.1, 0.15) is 11.5 Å². The van der Waals surface area contributed by atoms with Gasteiger partial charge in [0, 0.05) is 12.1 Å². The molecule has 0 bridgehead atoms. The van der Waals surface area contributed by atoms with E-state index in [9.17, 15) is 8.63 Å². The number of aromatic nitrogens is 1. The van der Waals surface area contributed by atoms with Crippen molar-refractivity contribution >= 4 is 30.0 Å². The summed E-state index contributed by atoms with van der Waals surface area (Å²) in [5, 5.41) is 0. The van der Waals surface area contributed by atoms with Crippen molar-refractivity contribution in [2.24, 2.45) is 0 Å². The molecule has 0 unspecified atom stereocenters. The molecule has 1 aromatic heterocycles. The highest BCUT2D eigenvalue weighted by molar-refractivity contribution is 6.51. The number of rotatable bonds is 3. The maximum Gasteiger partial charge on any atom is 0.837 e. The summed E-state index contributed by atoms with van der Waals surface area (Å²) >= 11 is 0. The molecule has 128 valence electrons. The molecule has 0 saturated heterocycles. The van der Waals surface area contributed by atoms with Gasteiger partial charge in [0.05, 0.1) is 31.6 Å². The summed E-state index contributed by atoms with van der Waals surface area (Å²) < 4.78 is 51.2. The van der Waals surface area contributed by atoms with Crippen molar-refractivity contribution in [2.75, 3.05) is 14.2 Å². The third-order valence-electron chi connectivity index (χ3n) is 4.07. The molecule has 0 aliphatic carbocycles. The first-order valence-corrected chi connectivity index (χ1v) is 7.61. The fourth-order valence-corrected chi connectivity index (χ4v) is 2.93. The predicted octanol–water partition coefficient (Wildman–Crippen LogP) is 3.49.